The van der Waals surface area contributed by atoms with Gasteiger partial charge in [-0.2, -0.15) is 0 Å². The normalized spacial score (nSPS) is 29.4. The van der Waals surface area contributed by atoms with Gasteiger partial charge in [-0.15, -0.1) is 23.2 Å². The van der Waals surface area contributed by atoms with E-state index in [2.05, 4.69) is 31.9 Å². The molecule has 0 bridgehead atoms. The summed E-state index contributed by atoms with van der Waals surface area (Å²) in [6.07, 6.45) is 1.04. The quantitative estimate of drug-likeness (QED) is 0.509. The molecule has 5 heteroatoms. The van der Waals surface area contributed by atoms with E-state index < -0.39 is 0 Å². The Bertz CT molecular complexity index is 224. The van der Waals surface area contributed by atoms with Crippen LogP contribution in [0.2, 0.25) is 0 Å². The van der Waals surface area contributed by atoms with Gasteiger partial charge in [-0.05, 0) is 27.2 Å². The second-order valence-corrected chi connectivity index (χ2v) is 8.71. The molecule has 0 radical (unpaired) electrons. The van der Waals surface area contributed by atoms with Crippen LogP contribution in [0.25, 0.3) is 0 Å². The third-order valence-corrected chi connectivity index (χ3v) is 6.87. The smallest absolute Gasteiger partial charge is 0.101 e. The van der Waals surface area contributed by atoms with Crippen LogP contribution in [0.5, 0.6) is 0 Å². The van der Waals surface area contributed by atoms with Gasteiger partial charge in [0.1, 0.15) is 6.10 Å². The molecule has 0 saturated carbocycles. The highest BCUT2D eigenvalue weighted by Gasteiger charge is 2.47. The van der Waals surface area contributed by atoms with Crippen molar-refractivity contribution in [3.63, 3.8) is 0 Å². The SMILES string of the molecule is CC(C)(Cl)[C@H](Br)C[C@H](Br)[C@](C)(Cl)[C@H]1CO1. The average molecular weight is 383 g/mol. The summed E-state index contributed by atoms with van der Waals surface area (Å²) in [4.78, 5) is -0.230. The number of rotatable bonds is 5. The van der Waals surface area contributed by atoms with Gasteiger partial charge in [0, 0.05) is 9.65 Å². The lowest BCUT2D eigenvalue weighted by atomic mass is 9.96. The lowest BCUT2D eigenvalue weighted by Gasteiger charge is -2.31. The monoisotopic (exact) mass is 380 g/mol. The fourth-order valence-electron chi connectivity index (χ4n) is 1.27. The van der Waals surface area contributed by atoms with Gasteiger partial charge in [0.05, 0.1) is 16.4 Å². The predicted molar refractivity (Wildman–Crippen MR) is 74.0 cm³/mol. The molecule has 0 spiro atoms. The Morgan fingerprint density at radius 1 is 1.27 bits per heavy atom. The minimum Gasteiger partial charge on any atom is -0.371 e. The van der Waals surface area contributed by atoms with Crippen LogP contribution in [0.4, 0.5) is 0 Å². The number of alkyl halides is 4. The highest BCUT2D eigenvalue weighted by molar-refractivity contribution is 9.10. The molecule has 1 saturated heterocycles. The molecule has 15 heavy (non-hydrogen) atoms. The predicted octanol–water partition coefficient (Wildman–Crippen LogP) is 4.32. The lowest BCUT2D eigenvalue weighted by Crippen LogP contribution is -2.39. The van der Waals surface area contributed by atoms with Crippen LogP contribution in [0, 0.1) is 0 Å². The van der Waals surface area contributed by atoms with Crippen LogP contribution < -0.4 is 0 Å². The molecule has 1 heterocycles. The summed E-state index contributed by atoms with van der Waals surface area (Å²) in [5.74, 6) is 0. The molecule has 1 aliphatic heterocycles. The molecule has 0 aromatic rings. The van der Waals surface area contributed by atoms with Gasteiger partial charge in [0.2, 0.25) is 0 Å². The maximum Gasteiger partial charge on any atom is 0.101 e. The first-order valence-electron chi connectivity index (χ1n) is 4.93. The third kappa shape index (κ3) is 4.02. The van der Waals surface area contributed by atoms with Crippen molar-refractivity contribution in [3.8, 4) is 0 Å². The summed E-state index contributed by atoms with van der Waals surface area (Å²) < 4.78 is 5.25. The van der Waals surface area contributed by atoms with Gasteiger partial charge < -0.3 is 4.74 Å². The van der Waals surface area contributed by atoms with E-state index >= 15 is 0 Å². The van der Waals surface area contributed by atoms with Crippen molar-refractivity contribution in [3.05, 3.63) is 0 Å². The molecular weight excluding hydrogens is 367 g/mol. The molecule has 1 rings (SSSR count). The van der Waals surface area contributed by atoms with Crippen molar-refractivity contribution in [1.82, 2.24) is 0 Å². The van der Waals surface area contributed by atoms with E-state index in [1.54, 1.807) is 0 Å². The molecule has 0 N–H and O–H groups in total. The van der Waals surface area contributed by atoms with Crippen molar-refractivity contribution >= 4 is 55.1 Å². The highest BCUT2D eigenvalue weighted by atomic mass is 79.9. The molecule has 0 aliphatic carbocycles. The molecular formula is C10H16Br2Cl2O. The van der Waals surface area contributed by atoms with Crippen LogP contribution in [0.15, 0.2) is 0 Å². The van der Waals surface area contributed by atoms with Crippen LogP contribution in [-0.2, 0) is 4.74 Å². The van der Waals surface area contributed by atoms with Crippen LogP contribution in [0.3, 0.4) is 0 Å². The van der Waals surface area contributed by atoms with Gasteiger partial charge in [-0.1, -0.05) is 31.9 Å². The highest BCUT2D eigenvalue weighted by Crippen LogP contribution is 2.41. The Hall–Kier alpha value is 1.50. The van der Waals surface area contributed by atoms with Crippen LogP contribution >= 0.6 is 55.1 Å². The molecule has 0 aromatic heterocycles. The number of epoxide rings is 1. The van der Waals surface area contributed by atoms with E-state index in [0.717, 1.165) is 13.0 Å². The molecule has 90 valence electrons. The van der Waals surface area contributed by atoms with Crippen molar-refractivity contribution < 1.29 is 4.74 Å². The molecule has 4 atom stereocenters. The minimum absolute atomic E-state index is 0.168. The van der Waals surface area contributed by atoms with Gasteiger partial charge >= 0.3 is 0 Å². The van der Waals surface area contributed by atoms with Crippen LogP contribution in [-0.4, -0.2) is 32.1 Å². The second-order valence-electron chi connectivity index (χ2n) is 4.71. The molecule has 0 amide bonds. The zero-order chi connectivity index (χ0) is 11.9. The fourth-order valence-corrected chi connectivity index (χ4v) is 3.12. The number of hydrogen-bond acceptors (Lipinski definition) is 1. The average Bonchev–Trinajstić information content (AvgIpc) is 2.83. The number of halogens is 4. The molecule has 0 unspecified atom stereocenters. The van der Waals surface area contributed by atoms with Gasteiger partial charge in [0.15, 0.2) is 0 Å². The fraction of sp³-hybridized carbons (Fsp3) is 1.00. The van der Waals surface area contributed by atoms with E-state index in [4.69, 9.17) is 27.9 Å². The summed E-state index contributed by atoms with van der Waals surface area (Å²) in [6, 6.07) is 0. The van der Waals surface area contributed by atoms with E-state index in [-0.39, 0.29) is 25.5 Å². The molecule has 1 nitrogen and oxygen atoms in total. The Morgan fingerprint density at radius 2 is 1.73 bits per heavy atom. The van der Waals surface area contributed by atoms with E-state index in [1.165, 1.54) is 0 Å². The minimum atomic E-state index is -0.353. The summed E-state index contributed by atoms with van der Waals surface area (Å²) in [6.45, 7) is 6.76. The first-order valence-corrected chi connectivity index (χ1v) is 7.52. The summed E-state index contributed by atoms with van der Waals surface area (Å²) in [7, 11) is 0. The Kier molecular flexibility index (Phi) is 4.86. The number of ether oxygens (including phenoxy) is 1. The molecule has 1 aliphatic rings. The Balaban J connectivity index is 2.51. The van der Waals surface area contributed by atoms with Crippen molar-refractivity contribution in [2.45, 2.75) is 52.7 Å². The zero-order valence-corrected chi connectivity index (χ0v) is 13.8. The van der Waals surface area contributed by atoms with Gasteiger partial charge in [-0.3, -0.25) is 0 Å². The van der Waals surface area contributed by atoms with Crippen molar-refractivity contribution in [2.24, 2.45) is 0 Å². The van der Waals surface area contributed by atoms with Crippen molar-refractivity contribution in [1.29, 1.82) is 0 Å². The van der Waals surface area contributed by atoms with Gasteiger partial charge in [0.25, 0.3) is 0 Å². The third-order valence-electron chi connectivity index (χ3n) is 2.73. The topological polar surface area (TPSA) is 12.5 Å². The largest absolute Gasteiger partial charge is 0.371 e. The Labute approximate surface area is 118 Å². The summed E-state index contributed by atoms with van der Waals surface area (Å²) in [5.41, 5.74) is 0. The summed E-state index contributed by atoms with van der Waals surface area (Å²) in [5, 5.41) is 0. The first-order chi connectivity index (χ1) is 6.65. The maximum absolute atomic E-state index is 6.44. The first kappa shape index (κ1) is 14.6. The molecule has 1 fully saturated rings. The van der Waals surface area contributed by atoms with Crippen LogP contribution in [0.1, 0.15) is 27.2 Å². The molecule has 0 aromatic carbocycles. The number of hydrogen-bond donors (Lipinski definition) is 0. The van der Waals surface area contributed by atoms with Crippen molar-refractivity contribution in [2.75, 3.05) is 6.61 Å². The Morgan fingerprint density at radius 3 is 2.07 bits per heavy atom. The standard InChI is InChI=1S/C10H16Br2Cl2O/c1-9(2,13)6(11)4-7(12)10(3,14)8-5-15-8/h6-8H,4-5H2,1-3H3/t6-,7+,8-,10+/m1/s1. The lowest BCUT2D eigenvalue weighted by molar-refractivity contribution is 0.349. The zero-order valence-electron chi connectivity index (χ0n) is 9.07. The maximum atomic E-state index is 6.44. The van der Waals surface area contributed by atoms with E-state index in [9.17, 15) is 0 Å². The van der Waals surface area contributed by atoms with Gasteiger partial charge in [-0.25, -0.2) is 0 Å². The van der Waals surface area contributed by atoms with E-state index in [1.807, 2.05) is 20.8 Å². The second kappa shape index (κ2) is 5.01. The van der Waals surface area contributed by atoms with E-state index in [0.29, 0.717) is 0 Å². The summed E-state index contributed by atoms with van der Waals surface area (Å²) >= 11 is 19.9.